The molecule has 0 atom stereocenters. The van der Waals surface area contributed by atoms with Gasteiger partial charge in [-0.05, 0) is 49.1 Å². The van der Waals surface area contributed by atoms with Crippen molar-refractivity contribution in [1.82, 2.24) is 0 Å². The molecule has 1 aromatic rings. The predicted octanol–water partition coefficient (Wildman–Crippen LogP) is 5.62. The highest BCUT2D eigenvalue weighted by molar-refractivity contribution is 5.86. The second-order valence-electron chi connectivity index (χ2n) is 7.42. The summed E-state index contributed by atoms with van der Waals surface area (Å²) >= 11 is 0. The maximum Gasteiger partial charge on any atom is 0.416 e. The van der Waals surface area contributed by atoms with E-state index in [9.17, 15) is 23.3 Å². The van der Waals surface area contributed by atoms with Crippen LogP contribution in [0.1, 0.15) is 52.0 Å². The molecule has 1 N–H and O–H groups in total. The summed E-state index contributed by atoms with van der Waals surface area (Å²) in [4.78, 5) is 10.2. The molecule has 1 fully saturated rings. The molecule has 0 heterocycles. The Morgan fingerprint density at radius 3 is 2.28 bits per heavy atom. The van der Waals surface area contributed by atoms with Gasteiger partial charge in [0.15, 0.2) is 0 Å². The summed E-state index contributed by atoms with van der Waals surface area (Å²) in [7, 11) is 0. The molecule has 2 rings (SSSR count). The van der Waals surface area contributed by atoms with Crippen molar-refractivity contribution in [2.45, 2.75) is 52.6 Å². The van der Waals surface area contributed by atoms with Gasteiger partial charge in [0.1, 0.15) is 5.69 Å². The van der Waals surface area contributed by atoms with Crippen LogP contribution >= 0.6 is 0 Å². The number of anilines is 1. The number of hydrazone groups is 1. The first-order valence-electron chi connectivity index (χ1n) is 8.15. The highest BCUT2D eigenvalue weighted by Crippen LogP contribution is 2.37. The number of nitro benzene ring substituents is 1. The van der Waals surface area contributed by atoms with Crippen LogP contribution in [0.5, 0.6) is 0 Å². The van der Waals surface area contributed by atoms with Crippen LogP contribution in [0.3, 0.4) is 0 Å². The van der Waals surface area contributed by atoms with Gasteiger partial charge >= 0.3 is 6.18 Å². The first-order valence-corrected chi connectivity index (χ1v) is 8.15. The number of benzene rings is 1. The van der Waals surface area contributed by atoms with Gasteiger partial charge in [0, 0.05) is 11.8 Å². The zero-order valence-corrected chi connectivity index (χ0v) is 14.5. The SMILES string of the molecule is CC(C)(C)C1CCC(=NNc2ccc(C(F)(F)F)cc2[N+](=O)[O-])CC1. The third-order valence-corrected chi connectivity index (χ3v) is 4.64. The average molecular weight is 357 g/mol. The zero-order valence-electron chi connectivity index (χ0n) is 14.5. The van der Waals surface area contributed by atoms with Crippen molar-refractivity contribution in [3.05, 3.63) is 33.9 Å². The van der Waals surface area contributed by atoms with Crippen molar-refractivity contribution in [3.8, 4) is 0 Å². The van der Waals surface area contributed by atoms with Crippen LogP contribution in [0.15, 0.2) is 23.3 Å². The molecule has 1 aliphatic carbocycles. The summed E-state index contributed by atoms with van der Waals surface area (Å²) in [6.45, 7) is 6.59. The third kappa shape index (κ3) is 4.93. The highest BCUT2D eigenvalue weighted by Gasteiger charge is 2.33. The fraction of sp³-hybridized carbons (Fsp3) is 0.588. The fourth-order valence-electron chi connectivity index (χ4n) is 3.02. The summed E-state index contributed by atoms with van der Waals surface area (Å²) < 4.78 is 38.1. The molecule has 0 aliphatic heterocycles. The van der Waals surface area contributed by atoms with Crippen molar-refractivity contribution < 1.29 is 18.1 Å². The predicted molar refractivity (Wildman–Crippen MR) is 90.6 cm³/mol. The summed E-state index contributed by atoms with van der Waals surface area (Å²) in [5.41, 5.74) is 1.96. The molecule has 0 aromatic heterocycles. The van der Waals surface area contributed by atoms with Crippen LogP contribution in [0, 0.1) is 21.4 Å². The molecule has 0 bridgehead atoms. The molecule has 0 unspecified atom stereocenters. The number of nitrogens with zero attached hydrogens (tertiary/aromatic N) is 2. The Balaban J connectivity index is 2.12. The first kappa shape index (κ1) is 19.2. The number of hydrogen-bond donors (Lipinski definition) is 1. The van der Waals surface area contributed by atoms with Gasteiger partial charge in [-0.1, -0.05) is 20.8 Å². The molecule has 1 aromatic carbocycles. The van der Waals surface area contributed by atoms with E-state index in [0.717, 1.165) is 43.5 Å². The zero-order chi connectivity index (χ0) is 18.8. The molecule has 138 valence electrons. The molecule has 1 aliphatic rings. The van der Waals surface area contributed by atoms with Crippen LogP contribution in [0.2, 0.25) is 0 Å². The number of nitrogens with one attached hydrogen (secondary N) is 1. The van der Waals surface area contributed by atoms with E-state index >= 15 is 0 Å². The van der Waals surface area contributed by atoms with Gasteiger partial charge in [-0.2, -0.15) is 18.3 Å². The van der Waals surface area contributed by atoms with E-state index in [1.165, 1.54) is 0 Å². The van der Waals surface area contributed by atoms with E-state index in [0.29, 0.717) is 12.0 Å². The molecule has 0 radical (unpaired) electrons. The van der Waals surface area contributed by atoms with Crippen LogP contribution < -0.4 is 5.43 Å². The second kappa shape index (κ2) is 7.01. The summed E-state index contributed by atoms with van der Waals surface area (Å²) in [6.07, 6.45) is -1.09. The van der Waals surface area contributed by atoms with Crippen molar-refractivity contribution in [1.29, 1.82) is 0 Å². The maximum absolute atomic E-state index is 12.7. The van der Waals surface area contributed by atoms with Gasteiger partial charge in [0.2, 0.25) is 0 Å². The molecular formula is C17H22F3N3O2. The van der Waals surface area contributed by atoms with Crippen molar-refractivity contribution in [2.24, 2.45) is 16.4 Å². The van der Waals surface area contributed by atoms with Gasteiger partial charge < -0.3 is 0 Å². The lowest BCUT2D eigenvalue weighted by atomic mass is 9.72. The molecule has 0 spiro atoms. The van der Waals surface area contributed by atoms with Crippen molar-refractivity contribution in [3.63, 3.8) is 0 Å². The van der Waals surface area contributed by atoms with Crippen LogP contribution in [0.4, 0.5) is 24.5 Å². The normalized spacial score (nSPS) is 18.8. The summed E-state index contributed by atoms with van der Waals surface area (Å²) in [5, 5.41) is 15.2. The Kier molecular flexibility index (Phi) is 5.39. The molecule has 0 saturated heterocycles. The minimum Gasteiger partial charge on any atom is -0.272 e. The van der Waals surface area contributed by atoms with Crippen LogP contribution in [-0.2, 0) is 6.18 Å². The minimum absolute atomic E-state index is 0.0385. The quantitative estimate of drug-likeness (QED) is 0.564. The molecular weight excluding hydrogens is 335 g/mol. The van der Waals surface area contributed by atoms with Gasteiger partial charge in [0.05, 0.1) is 10.5 Å². The Morgan fingerprint density at radius 1 is 1.20 bits per heavy atom. The monoisotopic (exact) mass is 357 g/mol. The Bertz CT molecular complexity index is 669. The largest absolute Gasteiger partial charge is 0.416 e. The van der Waals surface area contributed by atoms with Gasteiger partial charge in [0.25, 0.3) is 5.69 Å². The number of rotatable bonds is 3. The van der Waals surface area contributed by atoms with E-state index in [4.69, 9.17) is 0 Å². The second-order valence-corrected chi connectivity index (χ2v) is 7.42. The Labute approximate surface area is 144 Å². The van der Waals surface area contributed by atoms with Crippen LogP contribution in [0.25, 0.3) is 0 Å². The highest BCUT2D eigenvalue weighted by atomic mass is 19.4. The lowest BCUT2D eigenvalue weighted by Gasteiger charge is -2.34. The number of alkyl halides is 3. The van der Waals surface area contributed by atoms with Gasteiger partial charge in [-0.15, -0.1) is 0 Å². The average Bonchev–Trinajstić information content (AvgIpc) is 2.51. The van der Waals surface area contributed by atoms with E-state index < -0.39 is 22.4 Å². The molecule has 8 heteroatoms. The lowest BCUT2D eigenvalue weighted by Crippen LogP contribution is -2.26. The Morgan fingerprint density at radius 2 is 1.80 bits per heavy atom. The van der Waals surface area contributed by atoms with Crippen LogP contribution in [-0.4, -0.2) is 10.6 Å². The van der Waals surface area contributed by atoms with E-state index in [1.54, 1.807) is 0 Å². The third-order valence-electron chi connectivity index (χ3n) is 4.64. The Hall–Kier alpha value is -2.12. The number of halogens is 3. The van der Waals surface area contributed by atoms with Gasteiger partial charge in [-0.25, -0.2) is 0 Å². The smallest absolute Gasteiger partial charge is 0.272 e. The summed E-state index contributed by atoms with van der Waals surface area (Å²) in [5.74, 6) is 0.590. The minimum atomic E-state index is -4.62. The van der Waals surface area contributed by atoms with Crippen molar-refractivity contribution >= 4 is 17.1 Å². The topological polar surface area (TPSA) is 67.5 Å². The van der Waals surface area contributed by atoms with Gasteiger partial charge in [-0.3, -0.25) is 15.5 Å². The van der Waals surface area contributed by atoms with E-state index in [2.05, 4.69) is 31.3 Å². The molecule has 1 saturated carbocycles. The molecule has 0 amide bonds. The standard InChI is InChI=1S/C17H22F3N3O2/c1-16(2,3)11-4-7-13(8-5-11)21-22-14-9-6-12(17(18,19)20)10-15(14)23(24)25/h6,9-11,22H,4-5,7-8H2,1-3H3. The fourth-order valence-corrected chi connectivity index (χ4v) is 3.02. The van der Waals surface area contributed by atoms with E-state index in [-0.39, 0.29) is 11.1 Å². The van der Waals surface area contributed by atoms with E-state index in [1.807, 2.05) is 0 Å². The first-order chi connectivity index (χ1) is 11.5. The lowest BCUT2D eigenvalue weighted by molar-refractivity contribution is -0.384. The number of nitro groups is 1. The molecule has 5 nitrogen and oxygen atoms in total. The number of hydrogen-bond acceptors (Lipinski definition) is 4. The summed E-state index contributed by atoms with van der Waals surface area (Å²) in [6, 6.07) is 2.39. The van der Waals surface area contributed by atoms with Crippen molar-refractivity contribution in [2.75, 3.05) is 5.43 Å². The maximum atomic E-state index is 12.7. The molecule has 25 heavy (non-hydrogen) atoms.